The number of hydrogen-bond acceptors (Lipinski definition) is 6. The Morgan fingerprint density at radius 2 is 2.04 bits per heavy atom. The number of thiophene rings is 1. The van der Waals surface area contributed by atoms with E-state index in [1.54, 1.807) is 6.07 Å². The maximum atomic E-state index is 12.2. The molecule has 3 heterocycles. The van der Waals surface area contributed by atoms with E-state index in [0.29, 0.717) is 4.34 Å². The number of likely N-dealkylation sites (tertiary alicyclic amines) is 1. The molecule has 0 spiro atoms. The molecule has 5 nitrogen and oxygen atoms in total. The van der Waals surface area contributed by atoms with E-state index < -0.39 is 10.0 Å². The van der Waals surface area contributed by atoms with Gasteiger partial charge in [0.25, 0.3) is 0 Å². The van der Waals surface area contributed by atoms with Crippen LogP contribution in [0.4, 0.5) is 0 Å². The third kappa shape index (κ3) is 4.74. The Balaban J connectivity index is 1.56. The Bertz CT molecular complexity index is 751. The van der Waals surface area contributed by atoms with Gasteiger partial charge in [0.05, 0.1) is 16.6 Å². The minimum Gasteiger partial charge on any atom is -0.297 e. The standard InChI is InChI=1S/C14H18ClN3O2S3/c15-12-4-5-14(22-12)23(19,20)16-8-13-17-11(10-21-13)9-18-6-2-1-3-7-18/h4-5,10,16H,1-3,6-9H2. The first kappa shape index (κ1) is 17.3. The minimum atomic E-state index is -3.52. The fourth-order valence-electron chi connectivity index (χ4n) is 2.52. The van der Waals surface area contributed by atoms with Crippen LogP contribution in [0.25, 0.3) is 0 Å². The van der Waals surface area contributed by atoms with E-state index in [2.05, 4.69) is 14.6 Å². The van der Waals surface area contributed by atoms with Gasteiger partial charge >= 0.3 is 0 Å². The molecule has 0 atom stereocenters. The predicted octanol–water partition coefficient (Wildman–Crippen LogP) is 3.32. The fraction of sp³-hybridized carbons (Fsp3) is 0.500. The summed E-state index contributed by atoms with van der Waals surface area (Å²) >= 11 is 8.33. The van der Waals surface area contributed by atoms with Gasteiger partial charge in [0, 0.05) is 11.9 Å². The van der Waals surface area contributed by atoms with Gasteiger partial charge in [-0.05, 0) is 38.1 Å². The molecule has 23 heavy (non-hydrogen) atoms. The maximum Gasteiger partial charge on any atom is 0.250 e. The highest BCUT2D eigenvalue weighted by Gasteiger charge is 2.17. The van der Waals surface area contributed by atoms with Crippen molar-refractivity contribution >= 4 is 44.3 Å². The molecular weight excluding hydrogens is 374 g/mol. The van der Waals surface area contributed by atoms with Crippen molar-refractivity contribution in [3.63, 3.8) is 0 Å². The normalized spacial score (nSPS) is 16.7. The highest BCUT2D eigenvalue weighted by Crippen LogP contribution is 2.25. The van der Waals surface area contributed by atoms with E-state index in [0.717, 1.165) is 41.7 Å². The summed E-state index contributed by atoms with van der Waals surface area (Å²) in [6.45, 7) is 3.31. The second kappa shape index (κ2) is 7.58. The van der Waals surface area contributed by atoms with Crippen molar-refractivity contribution < 1.29 is 8.42 Å². The molecule has 0 aliphatic carbocycles. The fourth-order valence-corrected chi connectivity index (χ4v) is 5.85. The second-order valence-electron chi connectivity index (χ2n) is 5.45. The summed E-state index contributed by atoms with van der Waals surface area (Å²) < 4.78 is 27.6. The molecule has 0 amide bonds. The van der Waals surface area contributed by atoms with Crippen molar-refractivity contribution in [3.05, 3.63) is 32.6 Å². The van der Waals surface area contributed by atoms with E-state index in [1.165, 1.54) is 36.7 Å². The number of nitrogens with one attached hydrogen (secondary N) is 1. The number of nitrogens with zero attached hydrogens (tertiary/aromatic N) is 2. The molecule has 3 rings (SSSR count). The van der Waals surface area contributed by atoms with Crippen LogP contribution in [0.2, 0.25) is 4.34 Å². The van der Waals surface area contributed by atoms with Crippen molar-refractivity contribution in [2.75, 3.05) is 13.1 Å². The van der Waals surface area contributed by atoms with Crippen molar-refractivity contribution in [2.45, 2.75) is 36.6 Å². The summed E-state index contributed by atoms with van der Waals surface area (Å²) in [6, 6.07) is 3.10. The Morgan fingerprint density at radius 3 is 2.74 bits per heavy atom. The molecule has 0 radical (unpaired) electrons. The van der Waals surface area contributed by atoms with Crippen molar-refractivity contribution in [3.8, 4) is 0 Å². The van der Waals surface area contributed by atoms with Gasteiger partial charge in [0.2, 0.25) is 10.0 Å². The molecule has 126 valence electrons. The molecular formula is C14H18ClN3O2S3. The zero-order valence-electron chi connectivity index (χ0n) is 12.5. The van der Waals surface area contributed by atoms with Crippen LogP contribution in [-0.2, 0) is 23.1 Å². The van der Waals surface area contributed by atoms with Gasteiger partial charge < -0.3 is 0 Å². The molecule has 1 fully saturated rings. The summed E-state index contributed by atoms with van der Waals surface area (Å²) in [5, 5.41) is 2.79. The van der Waals surface area contributed by atoms with Crippen LogP contribution < -0.4 is 4.72 Å². The molecule has 9 heteroatoms. The highest BCUT2D eigenvalue weighted by molar-refractivity contribution is 7.91. The maximum absolute atomic E-state index is 12.2. The topological polar surface area (TPSA) is 62.3 Å². The number of rotatable bonds is 6. The van der Waals surface area contributed by atoms with Gasteiger partial charge in [-0.3, -0.25) is 4.90 Å². The van der Waals surface area contributed by atoms with E-state index in [4.69, 9.17) is 11.6 Å². The Morgan fingerprint density at radius 1 is 1.26 bits per heavy atom. The number of piperidine rings is 1. The molecule has 2 aromatic rings. The van der Waals surface area contributed by atoms with Crippen molar-refractivity contribution in [1.29, 1.82) is 0 Å². The number of thiazole rings is 1. The van der Waals surface area contributed by atoms with Gasteiger partial charge in [0.1, 0.15) is 9.22 Å². The summed E-state index contributed by atoms with van der Waals surface area (Å²) in [4.78, 5) is 6.94. The van der Waals surface area contributed by atoms with Gasteiger partial charge in [0.15, 0.2) is 0 Å². The first-order chi connectivity index (χ1) is 11.0. The Hall–Kier alpha value is -0.510. The largest absolute Gasteiger partial charge is 0.297 e. The SMILES string of the molecule is O=S(=O)(NCc1nc(CN2CCCCC2)cs1)c1ccc(Cl)s1. The molecule has 2 aromatic heterocycles. The van der Waals surface area contributed by atoms with Crippen LogP contribution in [0.15, 0.2) is 21.7 Å². The lowest BCUT2D eigenvalue weighted by atomic mass is 10.1. The van der Waals surface area contributed by atoms with E-state index in [-0.39, 0.29) is 10.8 Å². The van der Waals surface area contributed by atoms with Crippen LogP contribution in [0.1, 0.15) is 30.0 Å². The average Bonchev–Trinajstić information content (AvgIpc) is 3.16. The highest BCUT2D eigenvalue weighted by atomic mass is 35.5. The second-order valence-corrected chi connectivity index (χ2v) is 10.1. The Kier molecular flexibility index (Phi) is 5.71. The lowest BCUT2D eigenvalue weighted by Crippen LogP contribution is -2.29. The molecule has 1 saturated heterocycles. The van der Waals surface area contributed by atoms with Crippen LogP contribution >= 0.6 is 34.3 Å². The van der Waals surface area contributed by atoms with Gasteiger partial charge in [-0.2, -0.15) is 0 Å². The van der Waals surface area contributed by atoms with Gasteiger partial charge in [-0.15, -0.1) is 22.7 Å². The van der Waals surface area contributed by atoms with Gasteiger partial charge in [-0.25, -0.2) is 18.1 Å². The molecule has 1 N–H and O–H groups in total. The smallest absolute Gasteiger partial charge is 0.250 e. The Labute approximate surface area is 149 Å². The third-order valence-corrected chi connectivity index (χ3v) is 7.68. The molecule has 0 saturated carbocycles. The number of halogens is 1. The van der Waals surface area contributed by atoms with Crippen molar-refractivity contribution in [2.24, 2.45) is 0 Å². The van der Waals surface area contributed by atoms with Crippen LogP contribution in [0.5, 0.6) is 0 Å². The quantitative estimate of drug-likeness (QED) is 0.820. The van der Waals surface area contributed by atoms with Gasteiger partial charge in [-0.1, -0.05) is 18.0 Å². The number of hydrogen-bond donors (Lipinski definition) is 1. The summed E-state index contributed by atoms with van der Waals surface area (Å²) in [7, 11) is -3.52. The monoisotopic (exact) mass is 391 g/mol. The zero-order chi connectivity index (χ0) is 16.3. The van der Waals surface area contributed by atoms with Crippen LogP contribution in [-0.4, -0.2) is 31.4 Å². The number of aromatic nitrogens is 1. The molecule has 0 unspecified atom stereocenters. The predicted molar refractivity (Wildman–Crippen MR) is 94.6 cm³/mol. The first-order valence-corrected chi connectivity index (χ1v) is 11.0. The first-order valence-electron chi connectivity index (χ1n) is 7.43. The average molecular weight is 392 g/mol. The lowest BCUT2D eigenvalue weighted by molar-refractivity contribution is 0.219. The summed E-state index contributed by atoms with van der Waals surface area (Å²) in [6.07, 6.45) is 3.81. The number of sulfonamides is 1. The van der Waals surface area contributed by atoms with Crippen molar-refractivity contribution in [1.82, 2.24) is 14.6 Å². The van der Waals surface area contributed by atoms with E-state index >= 15 is 0 Å². The summed E-state index contributed by atoms with van der Waals surface area (Å²) in [5.41, 5.74) is 1.02. The van der Waals surface area contributed by atoms with Crippen LogP contribution in [0, 0.1) is 0 Å². The summed E-state index contributed by atoms with van der Waals surface area (Å²) in [5.74, 6) is 0. The molecule has 1 aliphatic rings. The van der Waals surface area contributed by atoms with E-state index in [9.17, 15) is 8.42 Å². The molecule has 0 bridgehead atoms. The van der Waals surface area contributed by atoms with Crippen LogP contribution in [0.3, 0.4) is 0 Å². The minimum absolute atomic E-state index is 0.211. The molecule has 0 aromatic carbocycles. The zero-order valence-corrected chi connectivity index (χ0v) is 15.7. The third-order valence-electron chi connectivity index (χ3n) is 3.66. The molecule has 1 aliphatic heterocycles. The lowest BCUT2D eigenvalue weighted by Gasteiger charge is -2.25. The van der Waals surface area contributed by atoms with E-state index in [1.807, 2.05) is 5.38 Å².